The molecule has 0 aliphatic rings. The van der Waals surface area contributed by atoms with E-state index in [0.717, 1.165) is 11.3 Å². The van der Waals surface area contributed by atoms with Crippen LogP contribution in [0, 0.1) is 0 Å². The van der Waals surface area contributed by atoms with Crippen LogP contribution in [0.15, 0.2) is 23.0 Å². The van der Waals surface area contributed by atoms with E-state index in [4.69, 9.17) is 4.74 Å². The van der Waals surface area contributed by atoms with Gasteiger partial charge in [-0.2, -0.15) is 0 Å². The summed E-state index contributed by atoms with van der Waals surface area (Å²) in [5, 5.41) is 0.661. The quantitative estimate of drug-likeness (QED) is 0.726. The van der Waals surface area contributed by atoms with E-state index in [2.05, 4.69) is 4.98 Å². The second-order valence-electron chi connectivity index (χ2n) is 2.60. The van der Waals surface area contributed by atoms with Gasteiger partial charge in [0.15, 0.2) is 0 Å². The fourth-order valence-electron chi connectivity index (χ4n) is 1.24. The van der Waals surface area contributed by atoms with Gasteiger partial charge in [0.2, 0.25) is 0 Å². The molecular weight excluding hydrogens is 154 g/mol. The van der Waals surface area contributed by atoms with Crippen LogP contribution in [0.3, 0.4) is 0 Å². The molecule has 2 bridgehead atoms. The van der Waals surface area contributed by atoms with Crippen LogP contribution >= 0.6 is 0 Å². The maximum absolute atomic E-state index is 11.1. The first-order valence-corrected chi connectivity index (χ1v) is 3.89. The summed E-state index contributed by atoms with van der Waals surface area (Å²) < 4.78 is 5.30. The molecular formula is C9H9NO2. The topological polar surface area (TPSA) is 42.1 Å². The maximum atomic E-state index is 11.1. The minimum Gasteiger partial charge on any atom is -0.492 e. The molecule has 0 fully saturated rings. The number of benzene rings is 1. The highest BCUT2D eigenvalue weighted by atomic mass is 16.5. The molecule has 3 heteroatoms. The molecule has 3 nitrogen and oxygen atoms in total. The lowest BCUT2D eigenvalue weighted by molar-refractivity contribution is 0.343. The van der Waals surface area contributed by atoms with Gasteiger partial charge in [-0.15, -0.1) is 0 Å². The third kappa shape index (κ3) is 0.942. The van der Waals surface area contributed by atoms with Crippen LogP contribution in [0.1, 0.15) is 6.92 Å². The molecule has 0 amide bonds. The Morgan fingerprint density at radius 3 is 2.83 bits per heavy atom. The third-order valence-corrected chi connectivity index (χ3v) is 1.79. The highest BCUT2D eigenvalue weighted by molar-refractivity contribution is 5.71. The average molecular weight is 163 g/mol. The van der Waals surface area contributed by atoms with Crippen molar-refractivity contribution in [1.29, 1.82) is 0 Å². The van der Waals surface area contributed by atoms with Crippen molar-refractivity contribution in [2.75, 3.05) is 6.61 Å². The molecule has 1 aromatic carbocycles. The van der Waals surface area contributed by atoms with E-state index in [1.54, 1.807) is 12.1 Å². The number of nitrogens with one attached hydrogen (secondary N) is 1. The Labute approximate surface area is 69.3 Å². The van der Waals surface area contributed by atoms with E-state index in [1.807, 2.05) is 13.0 Å². The van der Waals surface area contributed by atoms with Gasteiger partial charge < -0.3 is 9.72 Å². The molecule has 0 saturated carbocycles. The number of fused-ring (bicyclic) bond motifs is 3. The summed E-state index contributed by atoms with van der Waals surface area (Å²) in [6, 6.07) is 5.40. The Morgan fingerprint density at radius 2 is 2.33 bits per heavy atom. The SMILES string of the molecule is CCOc1cc2ccc1[nH]c2=O. The number of rotatable bonds is 2. The van der Waals surface area contributed by atoms with Gasteiger partial charge in [-0.1, -0.05) is 0 Å². The van der Waals surface area contributed by atoms with Crippen molar-refractivity contribution in [3.05, 3.63) is 28.6 Å². The molecule has 2 aromatic heterocycles. The van der Waals surface area contributed by atoms with Gasteiger partial charge in [-0.3, -0.25) is 4.79 Å². The van der Waals surface area contributed by atoms with Crippen LogP contribution in [-0.2, 0) is 0 Å². The van der Waals surface area contributed by atoms with Crippen molar-refractivity contribution in [1.82, 2.24) is 4.98 Å². The van der Waals surface area contributed by atoms with Crippen LogP contribution in [0.2, 0.25) is 0 Å². The van der Waals surface area contributed by atoms with Crippen molar-refractivity contribution < 1.29 is 4.74 Å². The summed E-state index contributed by atoms with van der Waals surface area (Å²) in [6.45, 7) is 2.53. The number of aromatic nitrogens is 1. The Hall–Kier alpha value is -1.51. The maximum Gasteiger partial charge on any atom is 0.255 e. The summed E-state index contributed by atoms with van der Waals surface area (Å²) in [7, 11) is 0. The van der Waals surface area contributed by atoms with E-state index < -0.39 is 0 Å². The lowest BCUT2D eigenvalue weighted by atomic mass is 10.2. The van der Waals surface area contributed by atoms with Crippen LogP contribution in [0.25, 0.3) is 10.9 Å². The van der Waals surface area contributed by atoms with Crippen molar-refractivity contribution in [2.45, 2.75) is 6.92 Å². The smallest absolute Gasteiger partial charge is 0.255 e. The van der Waals surface area contributed by atoms with Gasteiger partial charge in [0.1, 0.15) is 5.75 Å². The molecule has 0 radical (unpaired) electrons. The first-order valence-electron chi connectivity index (χ1n) is 3.89. The minimum atomic E-state index is -0.0454. The average Bonchev–Trinajstić information content (AvgIpc) is 2.07. The van der Waals surface area contributed by atoms with E-state index >= 15 is 0 Å². The summed E-state index contributed by atoms with van der Waals surface area (Å²) >= 11 is 0. The molecule has 2 heterocycles. The van der Waals surface area contributed by atoms with E-state index in [1.165, 1.54) is 0 Å². The number of H-pyrrole nitrogens is 1. The zero-order valence-corrected chi connectivity index (χ0v) is 6.76. The molecule has 3 rings (SSSR count). The molecule has 12 heavy (non-hydrogen) atoms. The number of ether oxygens (including phenoxy) is 1. The van der Waals surface area contributed by atoms with E-state index in [9.17, 15) is 4.79 Å². The van der Waals surface area contributed by atoms with Crippen molar-refractivity contribution in [2.24, 2.45) is 0 Å². The fourth-order valence-corrected chi connectivity index (χ4v) is 1.24. The largest absolute Gasteiger partial charge is 0.492 e. The van der Waals surface area contributed by atoms with Crippen molar-refractivity contribution >= 4 is 10.9 Å². The van der Waals surface area contributed by atoms with Gasteiger partial charge in [-0.25, -0.2) is 0 Å². The predicted octanol–water partition coefficient (Wildman–Crippen LogP) is 1.36. The zero-order chi connectivity index (χ0) is 8.55. The number of hydrogen-bond acceptors (Lipinski definition) is 2. The summed E-state index contributed by atoms with van der Waals surface area (Å²) in [4.78, 5) is 13.8. The molecule has 0 unspecified atom stereocenters. The van der Waals surface area contributed by atoms with Gasteiger partial charge in [-0.05, 0) is 25.1 Å². The molecule has 0 spiro atoms. The van der Waals surface area contributed by atoms with Gasteiger partial charge in [0.05, 0.1) is 12.1 Å². The van der Waals surface area contributed by atoms with E-state index in [-0.39, 0.29) is 5.56 Å². The summed E-state index contributed by atoms with van der Waals surface area (Å²) in [5.41, 5.74) is 0.716. The Balaban J connectivity index is 2.63. The van der Waals surface area contributed by atoms with Gasteiger partial charge in [0, 0.05) is 5.39 Å². The molecule has 1 N–H and O–H groups in total. The molecule has 0 aliphatic carbocycles. The second-order valence-corrected chi connectivity index (χ2v) is 2.60. The van der Waals surface area contributed by atoms with Gasteiger partial charge >= 0.3 is 0 Å². The first kappa shape index (κ1) is 7.16. The van der Waals surface area contributed by atoms with Crippen molar-refractivity contribution in [3.63, 3.8) is 0 Å². The minimum absolute atomic E-state index is 0.0454. The highest BCUT2D eigenvalue weighted by Gasteiger charge is 2.03. The highest BCUT2D eigenvalue weighted by Crippen LogP contribution is 2.19. The van der Waals surface area contributed by atoms with Crippen LogP contribution in [-0.4, -0.2) is 11.6 Å². The Kier molecular flexibility index (Phi) is 1.50. The lowest BCUT2D eigenvalue weighted by Gasteiger charge is -2.06. The summed E-state index contributed by atoms with van der Waals surface area (Å²) in [6.07, 6.45) is 0. The molecule has 0 atom stereocenters. The van der Waals surface area contributed by atoms with Crippen LogP contribution < -0.4 is 10.3 Å². The number of pyridine rings is 2. The first-order chi connectivity index (χ1) is 5.81. The Morgan fingerprint density at radius 1 is 1.50 bits per heavy atom. The monoisotopic (exact) mass is 163 g/mol. The second kappa shape index (κ2) is 2.52. The molecule has 0 aliphatic heterocycles. The number of aromatic amines is 1. The molecule has 0 saturated heterocycles. The normalized spacial score (nSPS) is 10.8. The standard InChI is InChI=1S/C9H9NO2/c1-2-12-8-5-6-3-4-7(8)10-9(6)11/h3-5H,2H2,1H3,(H,10,11). The Bertz CT molecular complexity index is 432. The van der Waals surface area contributed by atoms with Crippen LogP contribution in [0.4, 0.5) is 0 Å². The van der Waals surface area contributed by atoms with Crippen molar-refractivity contribution in [3.8, 4) is 5.75 Å². The van der Waals surface area contributed by atoms with Gasteiger partial charge in [0.25, 0.3) is 5.56 Å². The molecule has 3 aromatic rings. The predicted molar refractivity (Wildman–Crippen MR) is 46.9 cm³/mol. The zero-order valence-electron chi connectivity index (χ0n) is 6.76. The van der Waals surface area contributed by atoms with Crippen LogP contribution in [0.5, 0.6) is 5.75 Å². The molecule has 62 valence electrons. The lowest BCUT2D eigenvalue weighted by Crippen LogP contribution is -2.08. The fraction of sp³-hybridized carbons (Fsp3) is 0.222. The summed E-state index contributed by atoms with van der Waals surface area (Å²) in [5.74, 6) is 0.759. The van der Waals surface area contributed by atoms with E-state index in [0.29, 0.717) is 12.0 Å². The number of hydrogen-bond donors (Lipinski definition) is 1. The third-order valence-electron chi connectivity index (χ3n) is 1.79.